The molecule has 0 aliphatic heterocycles. The van der Waals surface area contributed by atoms with E-state index in [1.165, 1.54) is 10.4 Å². The Bertz CT molecular complexity index is 417. The molecule has 0 unspecified atom stereocenters. The summed E-state index contributed by atoms with van der Waals surface area (Å²) < 4.78 is 0. The Kier molecular flexibility index (Phi) is 4.51. The van der Waals surface area contributed by atoms with E-state index in [-0.39, 0.29) is 5.91 Å². The standard InChI is InChI=1S/C12H16N2OS/c1-4-10-9(2)8-11(16-10)12(15)14(3)7-5-6-13/h8H,4-5,7H2,1-3H3. The second-order valence-corrected chi connectivity index (χ2v) is 4.84. The molecular formula is C12H16N2OS. The van der Waals surface area contributed by atoms with E-state index in [1.54, 1.807) is 23.3 Å². The molecule has 0 atom stereocenters. The van der Waals surface area contributed by atoms with Crippen LogP contribution in [-0.4, -0.2) is 24.4 Å². The highest BCUT2D eigenvalue weighted by molar-refractivity contribution is 7.14. The van der Waals surface area contributed by atoms with Crippen LogP contribution in [0.5, 0.6) is 0 Å². The van der Waals surface area contributed by atoms with Crippen molar-refractivity contribution < 1.29 is 4.79 Å². The maximum Gasteiger partial charge on any atom is 0.263 e. The zero-order valence-electron chi connectivity index (χ0n) is 9.91. The van der Waals surface area contributed by atoms with Gasteiger partial charge in [0.1, 0.15) is 0 Å². The molecule has 0 spiro atoms. The molecule has 86 valence electrons. The van der Waals surface area contributed by atoms with Crippen LogP contribution >= 0.6 is 11.3 Å². The van der Waals surface area contributed by atoms with Gasteiger partial charge in [0, 0.05) is 18.5 Å². The first-order valence-electron chi connectivity index (χ1n) is 5.31. The van der Waals surface area contributed by atoms with E-state index in [1.807, 2.05) is 19.1 Å². The quantitative estimate of drug-likeness (QED) is 0.806. The highest BCUT2D eigenvalue weighted by Crippen LogP contribution is 2.23. The van der Waals surface area contributed by atoms with Gasteiger partial charge in [0.05, 0.1) is 17.4 Å². The molecule has 1 aromatic heterocycles. The summed E-state index contributed by atoms with van der Waals surface area (Å²) in [7, 11) is 1.74. The highest BCUT2D eigenvalue weighted by Gasteiger charge is 2.15. The number of thiophene rings is 1. The van der Waals surface area contributed by atoms with Gasteiger partial charge in [0.2, 0.25) is 0 Å². The molecule has 16 heavy (non-hydrogen) atoms. The summed E-state index contributed by atoms with van der Waals surface area (Å²) in [5.41, 5.74) is 1.18. The average Bonchev–Trinajstić information content (AvgIpc) is 2.66. The van der Waals surface area contributed by atoms with Crippen molar-refractivity contribution in [1.29, 1.82) is 5.26 Å². The van der Waals surface area contributed by atoms with Gasteiger partial charge in [-0.05, 0) is 25.0 Å². The molecular weight excluding hydrogens is 220 g/mol. The van der Waals surface area contributed by atoms with Gasteiger partial charge in [-0.3, -0.25) is 4.79 Å². The van der Waals surface area contributed by atoms with E-state index >= 15 is 0 Å². The molecule has 1 aromatic rings. The van der Waals surface area contributed by atoms with Crippen molar-refractivity contribution in [1.82, 2.24) is 4.90 Å². The molecule has 0 aromatic carbocycles. The molecule has 0 aliphatic rings. The normalized spacial score (nSPS) is 9.88. The van der Waals surface area contributed by atoms with Crippen LogP contribution in [0, 0.1) is 18.3 Å². The molecule has 0 saturated heterocycles. The van der Waals surface area contributed by atoms with E-state index in [0.717, 1.165) is 11.3 Å². The first kappa shape index (κ1) is 12.7. The third-order valence-electron chi connectivity index (χ3n) is 2.46. The topological polar surface area (TPSA) is 44.1 Å². The second-order valence-electron chi connectivity index (χ2n) is 3.71. The van der Waals surface area contributed by atoms with Crippen molar-refractivity contribution in [3.63, 3.8) is 0 Å². The number of aryl methyl sites for hydroxylation is 2. The average molecular weight is 236 g/mol. The van der Waals surface area contributed by atoms with E-state index < -0.39 is 0 Å². The molecule has 0 N–H and O–H groups in total. The van der Waals surface area contributed by atoms with Gasteiger partial charge in [-0.15, -0.1) is 11.3 Å². The van der Waals surface area contributed by atoms with Crippen LogP contribution in [0.3, 0.4) is 0 Å². The Labute approximate surface area is 100 Å². The minimum atomic E-state index is 0.0167. The van der Waals surface area contributed by atoms with Crippen molar-refractivity contribution >= 4 is 17.2 Å². The highest BCUT2D eigenvalue weighted by atomic mass is 32.1. The lowest BCUT2D eigenvalue weighted by molar-refractivity contribution is 0.0802. The first-order chi connectivity index (χ1) is 7.60. The lowest BCUT2D eigenvalue weighted by Crippen LogP contribution is -2.26. The van der Waals surface area contributed by atoms with Crippen LogP contribution in [0.25, 0.3) is 0 Å². The van der Waals surface area contributed by atoms with Gasteiger partial charge in [-0.1, -0.05) is 6.92 Å². The lowest BCUT2D eigenvalue weighted by atomic mass is 10.2. The molecule has 3 nitrogen and oxygen atoms in total. The fourth-order valence-corrected chi connectivity index (χ4v) is 2.59. The molecule has 1 amide bonds. The Morgan fingerprint density at radius 2 is 2.31 bits per heavy atom. The van der Waals surface area contributed by atoms with Gasteiger partial charge in [0.15, 0.2) is 0 Å². The SMILES string of the molecule is CCc1sc(C(=O)N(C)CCC#N)cc1C. The predicted octanol–water partition coefficient (Wildman–Crippen LogP) is 2.60. The summed E-state index contributed by atoms with van der Waals surface area (Å²) in [6.45, 7) is 4.61. The van der Waals surface area contributed by atoms with E-state index in [0.29, 0.717) is 13.0 Å². The monoisotopic (exact) mass is 236 g/mol. The first-order valence-corrected chi connectivity index (χ1v) is 6.13. The summed E-state index contributed by atoms with van der Waals surface area (Å²) in [5.74, 6) is 0.0167. The Morgan fingerprint density at radius 1 is 1.62 bits per heavy atom. The van der Waals surface area contributed by atoms with Crippen LogP contribution < -0.4 is 0 Å². The van der Waals surface area contributed by atoms with Crippen molar-refractivity contribution in [2.24, 2.45) is 0 Å². The van der Waals surface area contributed by atoms with Crippen molar-refractivity contribution in [2.45, 2.75) is 26.7 Å². The molecule has 0 bridgehead atoms. The van der Waals surface area contributed by atoms with Crippen LogP contribution in [-0.2, 0) is 6.42 Å². The van der Waals surface area contributed by atoms with Crippen molar-refractivity contribution in [3.8, 4) is 6.07 Å². The number of hydrogen-bond donors (Lipinski definition) is 0. The summed E-state index contributed by atoms with van der Waals surface area (Å²) in [4.78, 5) is 15.6. The summed E-state index contributed by atoms with van der Waals surface area (Å²) in [5, 5.41) is 8.47. The van der Waals surface area contributed by atoms with Gasteiger partial charge in [-0.2, -0.15) is 5.26 Å². The van der Waals surface area contributed by atoms with Crippen LogP contribution in [0.1, 0.15) is 33.5 Å². The predicted molar refractivity (Wildman–Crippen MR) is 65.6 cm³/mol. The zero-order chi connectivity index (χ0) is 12.1. The fourth-order valence-electron chi connectivity index (χ4n) is 1.48. The second kappa shape index (κ2) is 5.66. The van der Waals surface area contributed by atoms with E-state index in [4.69, 9.17) is 5.26 Å². The van der Waals surface area contributed by atoms with Gasteiger partial charge < -0.3 is 4.90 Å². The maximum atomic E-state index is 12.0. The number of carbonyl (C=O) groups is 1. The molecule has 0 fully saturated rings. The Balaban J connectivity index is 2.76. The minimum absolute atomic E-state index is 0.0167. The third kappa shape index (κ3) is 2.83. The van der Waals surface area contributed by atoms with Gasteiger partial charge >= 0.3 is 0 Å². The van der Waals surface area contributed by atoms with Crippen molar-refractivity contribution in [2.75, 3.05) is 13.6 Å². The van der Waals surface area contributed by atoms with E-state index in [2.05, 4.69) is 6.92 Å². The number of rotatable bonds is 4. The van der Waals surface area contributed by atoms with Gasteiger partial charge in [-0.25, -0.2) is 0 Å². The molecule has 0 radical (unpaired) electrons. The number of hydrogen-bond acceptors (Lipinski definition) is 3. The molecule has 0 saturated carbocycles. The largest absolute Gasteiger partial charge is 0.340 e. The summed E-state index contributed by atoms with van der Waals surface area (Å²) in [6, 6.07) is 3.98. The number of amides is 1. The Morgan fingerprint density at radius 3 is 2.81 bits per heavy atom. The number of carbonyl (C=O) groups excluding carboxylic acids is 1. The number of nitriles is 1. The third-order valence-corrected chi connectivity index (χ3v) is 3.83. The lowest BCUT2D eigenvalue weighted by Gasteiger charge is -2.13. The molecule has 0 aliphatic carbocycles. The maximum absolute atomic E-state index is 12.0. The minimum Gasteiger partial charge on any atom is -0.340 e. The van der Waals surface area contributed by atoms with Crippen molar-refractivity contribution in [3.05, 3.63) is 21.4 Å². The molecule has 4 heteroatoms. The van der Waals surface area contributed by atoms with Gasteiger partial charge in [0.25, 0.3) is 5.91 Å². The smallest absolute Gasteiger partial charge is 0.263 e. The summed E-state index contributed by atoms with van der Waals surface area (Å²) in [6.07, 6.45) is 1.35. The number of nitrogens with zero attached hydrogens (tertiary/aromatic N) is 2. The zero-order valence-corrected chi connectivity index (χ0v) is 10.7. The molecule has 1 rings (SSSR count). The molecule has 1 heterocycles. The fraction of sp³-hybridized carbons (Fsp3) is 0.500. The summed E-state index contributed by atoms with van der Waals surface area (Å²) >= 11 is 1.56. The van der Waals surface area contributed by atoms with Crippen LogP contribution in [0.4, 0.5) is 0 Å². The Hall–Kier alpha value is -1.34. The van der Waals surface area contributed by atoms with Crippen LogP contribution in [0.15, 0.2) is 6.07 Å². The van der Waals surface area contributed by atoms with E-state index in [9.17, 15) is 4.79 Å². The van der Waals surface area contributed by atoms with Crippen LogP contribution in [0.2, 0.25) is 0 Å².